The van der Waals surface area contributed by atoms with Gasteiger partial charge in [-0.3, -0.25) is 4.79 Å². The molecule has 4 rings (SSSR count). The maximum atomic E-state index is 13.1. The Bertz CT molecular complexity index is 1340. The fourth-order valence-electron chi connectivity index (χ4n) is 3.95. The molecule has 192 valence electrons. The summed E-state index contributed by atoms with van der Waals surface area (Å²) in [7, 11) is -0.877. The summed E-state index contributed by atoms with van der Waals surface area (Å²) in [6, 6.07) is 9.75. The maximum absolute atomic E-state index is 13.1. The summed E-state index contributed by atoms with van der Waals surface area (Å²) >= 11 is 1.41. The second-order valence-electron chi connectivity index (χ2n) is 8.12. The van der Waals surface area contributed by atoms with Gasteiger partial charge in [-0.25, -0.2) is 13.1 Å². The van der Waals surface area contributed by atoms with Crippen LogP contribution >= 0.6 is 11.8 Å². The molecular formula is C24H28N4O6S2. The minimum absolute atomic E-state index is 0.000268. The number of nitrogens with zero attached hydrogens (tertiary/aromatic N) is 3. The van der Waals surface area contributed by atoms with E-state index in [0.29, 0.717) is 35.7 Å². The van der Waals surface area contributed by atoms with Gasteiger partial charge in [-0.2, -0.15) is 4.98 Å². The van der Waals surface area contributed by atoms with Gasteiger partial charge in [0.1, 0.15) is 0 Å². The number of nitrogens with one attached hydrogen (secondary N) is 1. The Hall–Kier alpha value is -3.09. The number of carbonyl (C=O) groups excluding carboxylic acids is 1. The molecule has 1 aliphatic heterocycles. The van der Waals surface area contributed by atoms with Crippen LogP contribution in [0.15, 0.2) is 50.7 Å². The van der Waals surface area contributed by atoms with Gasteiger partial charge in [0, 0.05) is 23.5 Å². The van der Waals surface area contributed by atoms with Gasteiger partial charge in [0.05, 0.1) is 31.2 Å². The number of thioether (sulfide) groups is 1. The summed E-state index contributed by atoms with van der Waals surface area (Å²) in [5.41, 5.74) is 1.01. The number of likely N-dealkylation sites (tertiary alicyclic amines) is 1. The third-order valence-electron chi connectivity index (χ3n) is 5.88. The summed E-state index contributed by atoms with van der Waals surface area (Å²) in [6.07, 6.45) is 4.87. The van der Waals surface area contributed by atoms with Crippen molar-refractivity contribution >= 4 is 27.7 Å². The minimum Gasteiger partial charge on any atom is -0.493 e. The standard InChI is InChI=1S/C24H28N4O6S2/c1-32-19-9-7-16(13-20(19)33-2)23-26-22(34-27-23)15-25-36(30,31)17-8-10-21(35-3)18(14-17)24(29)28-11-5-4-6-12-28/h7-10,13-14,25H,4-6,11-12,15H2,1-3H3. The molecule has 1 saturated heterocycles. The fourth-order valence-corrected chi connectivity index (χ4v) is 5.52. The van der Waals surface area contributed by atoms with E-state index in [4.69, 9.17) is 14.0 Å². The summed E-state index contributed by atoms with van der Waals surface area (Å²) in [5.74, 6) is 1.29. The number of piperidine rings is 1. The van der Waals surface area contributed by atoms with Crippen LogP contribution in [0.5, 0.6) is 11.5 Å². The van der Waals surface area contributed by atoms with E-state index in [1.807, 2.05) is 6.26 Å². The molecule has 0 unspecified atom stereocenters. The van der Waals surface area contributed by atoms with Crippen molar-refractivity contribution in [3.63, 3.8) is 0 Å². The molecule has 10 nitrogen and oxygen atoms in total. The van der Waals surface area contributed by atoms with Gasteiger partial charge in [-0.05, 0) is 61.9 Å². The predicted molar refractivity (Wildman–Crippen MR) is 135 cm³/mol. The van der Waals surface area contributed by atoms with Crippen molar-refractivity contribution in [1.29, 1.82) is 0 Å². The van der Waals surface area contributed by atoms with Gasteiger partial charge < -0.3 is 18.9 Å². The minimum atomic E-state index is -3.94. The van der Waals surface area contributed by atoms with Gasteiger partial charge in [0.2, 0.25) is 21.7 Å². The zero-order valence-electron chi connectivity index (χ0n) is 20.3. The number of amides is 1. The maximum Gasteiger partial charge on any atom is 0.255 e. The van der Waals surface area contributed by atoms with Crippen LogP contribution in [0.3, 0.4) is 0 Å². The monoisotopic (exact) mass is 532 g/mol. The molecule has 12 heteroatoms. The molecular weight excluding hydrogens is 504 g/mol. The molecule has 0 saturated carbocycles. The second-order valence-corrected chi connectivity index (χ2v) is 10.7. The number of aromatic nitrogens is 2. The quantitative estimate of drug-likeness (QED) is 0.412. The SMILES string of the molecule is COc1ccc(-c2noc(CNS(=O)(=O)c3ccc(SC)c(C(=O)N4CCCCC4)c3)n2)cc1OC. The summed E-state index contributed by atoms with van der Waals surface area (Å²) < 4.78 is 44.3. The van der Waals surface area contributed by atoms with Crippen molar-refractivity contribution < 1.29 is 27.2 Å². The van der Waals surface area contributed by atoms with Crippen LogP contribution in [0.2, 0.25) is 0 Å². The Kier molecular flexibility index (Phi) is 8.17. The average molecular weight is 533 g/mol. The molecule has 3 aromatic rings. The molecule has 36 heavy (non-hydrogen) atoms. The molecule has 0 radical (unpaired) electrons. The van der Waals surface area contributed by atoms with Crippen LogP contribution in [-0.4, -0.2) is 62.9 Å². The lowest BCUT2D eigenvalue weighted by atomic mass is 10.1. The lowest BCUT2D eigenvalue weighted by Crippen LogP contribution is -2.36. The lowest BCUT2D eigenvalue weighted by molar-refractivity contribution is 0.0720. The van der Waals surface area contributed by atoms with Gasteiger partial charge in [-0.15, -0.1) is 11.8 Å². The van der Waals surface area contributed by atoms with E-state index < -0.39 is 10.0 Å². The van der Waals surface area contributed by atoms with Gasteiger partial charge in [0.25, 0.3) is 5.91 Å². The first-order valence-electron chi connectivity index (χ1n) is 11.4. The number of benzene rings is 2. The van der Waals surface area contributed by atoms with E-state index in [9.17, 15) is 13.2 Å². The number of ether oxygens (including phenoxy) is 2. The van der Waals surface area contributed by atoms with E-state index in [0.717, 1.165) is 24.2 Å². The van der Waals surface area contributed by atoms with Crippen molar-refractivity contribution in [2.75, 3.05) is 33.6 Å². The first-order valence-corrected chi connectivity index (χ1v) is 14.1. The first-order chi connectivity index (χ1) is 17.4. The lowest BCUT2D eigenvalue weighted by Gasteiger charge is -2.27. The van der Waals surface area contributed by atoms with E-state index in [1.165, 1.54) is 38.1 Å². The van der Waals surface area contributed by atoms with Gasteiger partial charge in [-0.1, -0.05) is 5.16 Å². The number of sulfonamides is 1. The van der Waals surface area contributed by atoms with Crippen molar-refractivity contribution in [1.82, 2.24) is 19.8 Å². The van der Waals surface area contributed by atoms with Gasteiger partial charge >= 0.3 is 0 Å². The second kappa shape index (κ2) is 11.3. The van der Waals surface area contributed by atoms with Crippen LogP contribution in [0.1, 0.15) is 35.5 Å². The molecule has 1 aliphatic rings. The smallest absolute Gasteiger partial charge is 0.255 e. The predicted octanol–water partition coefficient (Wildman–Crippen LogP) is 3.58. The molecule has 1 N–H and O–H groups in total. The molecule has 0 spiro atoms. The largest absolute Gasteiger partial charge is 0.493 e. The highest BCUT2D eigenvalue weighted by atomic mass is 32.2. The molecule has 2 heterocycles. The first kappa shape index (κ1) is 26.0. The van der Waals surface area contributed by atoms with E-state index in [1.54, 1.807) is 29.2 Å². The van der Waals surface area contributed by atoms with Crippen LogP contribution in [0, 0.1) is 0 Å². The molecule has 1 aromatic heterocycles. The third kappa shape index (κ3) is 5.66. The highest BCUT2D eigenvalue weighted by Gasteiger charge is 2.24. The number of methoxy groups -OCH3 is 2. The number of hydrogen-bond acceptors (Lipinski definition) is 9. The van der Waals surface area contributed by atoms with Crippen molar-refractivity contribution in [3.05, 3.63) is 47.9 Å². The zero-order chi connectivity index (χ0) is 25.7. The van der Waals surface area contributed by atoms with E-state index >= 15 is 0 Å². The number of carbonyl (C=O) groups is 1. The molecule has 0 bridgehead atoms. The summed E-state index contributed by atoms with van der Waals surface area (Å²) in [5, 5.41) is 3.93. The van der Waals surface area contributed by atoms with E-state index in [2.05, 4.69) is 14.9 Å². The Morgan fingerprint density at radius 2 is 1.83 bits per heavy atom. The summed E-state index contributed by atoms with van der Waals surface area (Å²) in [4.78, 5) is 19.9. The van der Waals surface area contributed by atoms with Crippen LogP contribution in [0.25, 0.3) is 11.4 Å². The molecule has 1 fully saturated rings. The number of rotatable bonds is 9. The van der Waals surface area contributed by atoms with Crippen LogP contribution < -0.4 is 14.2 Å². The Labute approximate surface area is 214 Å². The van der Waals surface area contributed by atoms with Crippen molar-refractivity contribution in [2.24, 2.45) is 0 Å². The average Bonchev–Trinajstić information content (AvgIpc) is 3.40. The van der Waals surface area contributed by atoms with Crippen molar-refractivity contribution in [2.45, 2.75) is 35.6 Å². The third-order valence-corrected chi connectivity index (χ3v) is 8.07. The van der Waals surface area contributed by atoms with Crippen LogP contribution in [-0.2, 0) is 16.6 Å². The molecule has 2 aromatic carbocycles. The van der Waals surface area contributed by atoms with E-state index in [-0.39, 0.29) is 29.1 Å². The zero-order valence-corrected chi connectivity index (χ0v) is 21.9. The normalized spacial score (nSPS) is 14.0. The topological polar surface area (TPSA) is 124 Å². The molecule has 0 atom stereocenters. The fraction of sp³-hybridized carbons (Fsp3) is 0.375. The Balaban J connectivity index is 1.50. The highest BCUT2D eigenvalue weighted by Crippen LogP contribution is 2.31. The Morgan fingerprint density at radius 1 is 1.08 bits per heavy atom. The molecule has 1 amide bonds. The summed E-state index contributed by atoms with van der Waals surface area (Å²) in [6.45, 7) is 1.16. The highest BCUT2D eigenvalue weighted by molar-refractivity contribution is 7.98. The number of hydrogen-bond donors (Lipinski definition) is 1. The molecule has 0 aliphatic carbocycles. The van der Waals surface area contributed by atoms with Crippen LogP contribution in [0.4, 0.5) is 0 Å². The van der Waals surface area contributed by atoms with Crippen molar-refractivity contribution in [3.8, 4) is 22.9 Å². The Morgan fingerprint density at radius 3 is 2.53 bits per heavy atom. The van der Waals surface area contributed by atoms with Gasteiger partial charge in [0.15, 0.2) is 11.5 Å².